The molecule has 9 nitrogen and oxygen atoms in total. The summed E-state index contributed by atoms with van der Waals surface area (Å²) in [4.78, 5) is 29.0. The van der Waals surface area contributed by atoms with Gasteiger partial charge in [0.15, 0.2) is 5.75 Å². The highest BCUT2D eigenvalue weighted by atomic mass is 79.9. The lowest BCUT2D eigenvalue weighted by Crippen LogP contribution is -2.23. The lowest BCUT2D eigenvalue weighted by molar-refractivity contribution is -0.386. The van der Waals surface area contributed by atoms with Gasteiger partial charge in [-0.25, -0.2) is 4.98 Å². The fraction of sp³-hybridized carbons (Fsp3) is 0.348. The van der Waals surface area contributed by atoms with Crippen molar-refractivity contribution in [2.75, 3.05) is 7.11 Å². The van der Waals surface area contributed by atoms with Gasteiger partial charge < -0.3 is 9.47 Å². The topological polar surface area (TPSA) is 109 Å². The number of rotatable bonds is 8. The lowest BCUT2D eigenvalue weighted by Gasteiger charge is -2.16. The molecule has 33 heavy (non-hydrogen) atoms. The molecular weight excluding hydrogens is 492 g/mol. The Morgan fingerprint density at radius 2 is 2.00 bits per heavy atom. The van der Waals surface area contributed by atoms with Gasteiger partial charge in [0.05, 0.1) is 35.3 Å². The SMILES string of the molecule is CC[C@@H](C)Oc1c(OC)cc(C=Nn2c(C(C)C)nc3ccc(Br)cc3c2=O)cc1[N+](=O)[O-]. The summed E-state index contributed by atoms with van der Waals surface area (Å²) in [6.45, 7) is 7.56. The van der Waals surface area contributed by atoms with Crippen LogP contribution >= 0.6 is 15.9 Å². The number of benzene rings is 2. The molecule has 0 spiro atoms. The van der Waals surface area contributed by atoms with Gasteiger partial charge in [-0.3, -0.25) is 14.9 Å². The van der Waals surface area contributed by atoms with Gasteiger partial charge in [-0.05, 0) is 37.6 Å². The van der Waals surface area contributed by atoms with Crippen molar-refractivity contribution in [2.45, 2.75) is 46.1 Å². The zero-order valence-corrected chi connectivity index (χ0v) is 20.6. The first kappa shape index (κ1) is 24.4. The minimum Gasteiger partial charge on any atom is -0.493 e. The largest absolute Gasteiger partial charge is 0.493 e. The Labute approximate surface area is 199 Å². The second-order valence-corrected chi connectivity index (χ2v) is 8.73. The highest BCUT2D eigenvalue weighted by molar-refractivity contribution is 9.10. The smallest absolute Gasteiger partial charge is 0.315 e. The molecule has 3 rings (SSSR count). The number of fused-ring (bicyclic) bond motifs is 1. The average molecular weight is 517 g/mol. The van der Waals surface area contributed by atoms with Crippen LogP contribution < -0.4 is 15.0 Å². The summed E-state index contributed by atoms with van der Waals surface area (Å²) in [7, 11) is 1.41. The summed E-state index contributed by atoms with van der Waals surface area (Å²) in [5.41, 5.74) is 0.376. The molecule has 0 aliphatic rings. The van der Waals surface area contributed by atoms with Crippen molar-refractivity contribution >= 4 is 38.7 Å². The standard InChI is InChI=1S/C23H25BrN4O5/c1-6-14(4)33-21-19(28(30)31)9-15(10-20(21)32-5)12-25-27-22(13(2)3)26-18-8-7-16(24)11-17(18)23(27)29/h7-14H,6H2,1-5H3/t14-/m1/s1. The molecule has 0 bridgehead atoms. The average Bonchev–Trinajstić information content (AvgIpc) is 2.78. The van der Waals surface area contributed by atoms with Gasteiger partial charge in [0.25, 0.3) is 5.56 Å². The summed E-state index contributed by atoms with van der Waals surface area (Å²) >= 11 is 3.38. The predicted molar refractivity (Wildman–Crippen MR) is 131 cm³/mol. The number of halogens is 1. The van der Waals surface area contributed by atoms with Gasteiger partial charge in [-0.2, -0.15) is 9.78 Å². The first-order valence-electron chi connectivity index (χ1n) is 10.5. The van der Waals surface area contributed by atoms with E-state index in [0.29, 0.717) is 28.7 Å². The van der Waals surface area contributed by atoms with Crippen LogP contribution in [0.25, 0.3) is 10.9 Å². The quantitative estimate of drug-likeness (QED) is 0.229. The highest BCUT2D eigenvalue weighted by Gasteiger charge is 2.23. The molecule has 0 N–H and O–H groups in total. The zero-order chi connectivity index (χ0) is 24.3. The molecule has 0 aliphatic heterocycles. The number of hydrogen-bond acceptors (Lipinski definition) is 7. The molecule has 0 saturated heterocycles. The van der Waals surface area contributed by atoms with E-state index in [4.69, 9.17) is 9.47 Å². The molecule has 10 heteroatoms. The fourth-order valence-electron chi connectivity index (χ4n) is 3.15. The second kappa shape index (κ2) is 10.1. The van der Waals surface area contributed by atoms with Gasteiger partial charge in [-0.1, -0.05) is 36.7 Å². The van der Waals surface area contributed by atoms with E-state index < -0.39 is 4.92 Å². The van der Waals surface area contributed by atoms with E-state index in [1.54, 1.807) is 18.2 Å². The zero-order valence-electron chi connectivity index (χ0n) is 19.0. The molecule has 1 aromatic heterocycles. The van der Waals surface area contributed by atoms with E-state index in [2.05, 4.69) is 26.0 Å². The van der Waals surface area contributed by atoms with Gasteiger partial charge in [0, 0.05) is 22.0 Å². The van der Waals surface area contributed by atoms with Gasteiger partial charge in [-0.15, -0.1) is 0 Å². The van der Waals surface area contributed by atoms with E-state index in [-0.39, 0.29) is 34.8 Å². The molecule has 0 aliphatic carbocycles. The summed E-state index contributed by atoms with van der Waals surface area (Å²) < 4.78 is 13.1. The van der Waals surface area contributed by atoms with Crippen molar-refractivity contribution in [3.63, 3.8) is 0 Å². The van der Waals surface area contributed by atoms with Crippen molar-refractivity contribution in [2.24, 2.45) is 5.10 Å². The molecule has 0 radical (unpaired) electrons. The minimum absolute atomic E-state index is 0.0614. The molecule has 1 atom stereocenters. The first-order valence-corrected chi connectivity index (χ1v) is 11.2. The maximum absolute atomic E-state index is 13.2. The Bertz CT molecular complexity index is 1290. The van der Waals surface area contributed by atoms with Crippen LogP contribution in [-0.2, 0) is 0 Å². The minimum atomic E-state index is -0.529. The van der Waals surface area contributed by atoms with E-state index in [1.807, 2.05) is 33.8 Å². The van der Waals surface area contributed by atoms with Crippen LogP contribution in [0.5, 0.6) is 11.5 Å². The molecule has 2 aromatic carbocycles. The third kappa shape index (κ3) is 5.22. The molecule has 1 heterocycles. The number of nitro benzene ring substituents is 1. The van der Waals surface area contributed by atoms with Crippen LogP contribution in [0.3, 0.4) is 0 Å². The maximum Gasteiger partial charge on any atom is 0.315 e. The van der Waals surface area contributed by atoms with Crippen LogP contribution in [0.4, 0.5) is 5.69 Å². The van der Waals surface area contributed by atoms with E-state index in [0.717, 1.165) is 4.47 Å². The van der Waals surface area contributed by atoms with Crippen molar-refractivity contribution in [1.29, 1.82) is 0 Å². The predicted octanol–water partition coefficient (Wildman–Crippen LogP) is 5.26. The number of methoxy groups -OCH3 is 1. The normalized spacial score (nSPS) is 12.5. The Balaban J connectivity index is 2.16. The van der Waals surface area contributed by atoms with Gasteiger partial charge >= 0.3 is 5.69 Å². The van der Waals surface area contributed by atoms with Crippen LogP contribution in [0.2, 0.25) is 0 Å². The highest BCUT2D eigenvalue weighted by Crippen LogP contribution is 2.39. The Kier molecular flexibility index (Phi) is 7.47. The number of ether oxygens (including phenoxy) is 2. The molecule has 3 aromatic rings. The number of hydrogen-bond donors (Lipinski definition) is 0. The fourth-order valence-corrected chi connectivity index (χ4v) is 3.51. The van der Waals surface area contributed by atoms with E-state index in [1.165, 1.54) is 24.1 Å². The summed E-state index contributed by atoms with van der Waals surface area (Å²) in [5.74, 6) is 0.663. The lowest BCUT2D eigenvalue weighted by atomic mass is 10.1. The third-order valence-electron chi connectivity index (χ3n) is 5.04. The molecule has 0 amide bonds. The summed E-state index contributed by atoms with van der Waals surface area (Å²) in [6.07, 6.45) is 1.82. The van der Waals surface area contributed by atoms with Crippen molar-refractivity contribution in [1.82, 2.24) is 9.66 Å². The Morgan fingerprint density at radius 3 is 2.61 bits per heavy atom. The number of nitro groups is 1. The maximum atomic E-state index is 13.2. The number of aromatic nitrogens is 2. The third-order valence-corrected chi connectivity index (χ3v) is 5.53. The second-order valence-electron chi connectivity index (χ2n) is 7.81. The van der Waals surface area contributed by atoms with Crippen LogP contribution in [-0.4, -0.2) is 34.0 Å². The first-order chi connectivity index (χ1) is 15.7. The van der Waals surface area contributed by atoms with Crippen molar-refractivity contribution in [3.05, 3.63) is 66.7 Å². The van der Waals surface area contributed by atoms with Crippen LogP contribution in [0.15, 0.2) is 44.7 Å². The van der Waals surface area contributed by atoms with Crippen molar-refractivity contribution < 1.29 is 14.4 Å². The van der Waals surface area contributed by atoms with Gasteiger partial charge in [0.2, 0.25) is 5.75 Å². The molecule has 0 saturated carbocycles. The summed E-state index contributed by atoms with van der Waals surface area (Å²) in [6, 6.07) is 8.20. The molecule has 0 fully saturated rings. The Hall–Kier alpha value is -3.27. The van der Waals surface area contributed by atoms with Crippen molar-refractivity contribution in [3.8, 4) is 11.5 Å². The number of nitrogens with zero attached hydrogens (tertiary/aromatic N) is 4. The Morgan fingerprint density at radius 1 is 1.27 bits per heavy atom. The van der Waals surface area contributed by atoms with Crippen LogP contribution in [0.1, 0.15) is 51.4 Å². The van der Waals surface area contributed by atoms with Crippen LogP contribution in [0, 0.1) is 10.1 Å². The van der Waals surface area contributed by atoms with E-state index >= 15 is 0 Å². The van der Waals surface area contributed by atoms with Gasteiger partial charge in [0.1, 0.15) is 5.82 Å². The molecular formula is C23H25BrN4O5. The molecule has 174 valence electrons. The van der Waals surface area contributed by atoms with E-state index in [9.17, 15) is 14.9 Å². The molecule has 0 unspecified atom stereocenters. The monoisotopic (exact) mass is 516 g/mol. The summed E-state index contributed by atoms with van der Waals surface area (Å²) in [5, 5.41) is 16.5.